The van der Waals surface area contributed by atoms with E-state index in [-0.39, 0.29) is 0 Å². The minimum Gasteiger partial charge on any atom is -0.459 e. The summed E-state index contributed by atoms with van der Waals surface area (Å²) in [5.74, 6) is 1.75. The molecule has 2 aromatic heterocycles. The van der Waals surface area contributed by atoms with Crippen molar-refractivity contribution < 1.29 is 4.42 Å². The fraction of sp³-hybridized carbons (Fsp3) is 0.267. The largest absolute Gasteiger partial charge is 0.459 e. The summed E-state index contributed by atoms with van der Waals surface area (Å²) >= 11 is 1.61. The van der Waals surface area contributed by atoms with Gasteiger partial charge in [-0.05, 0) is 19.1 Å². The van der Waals surface area contributed by atoms with Crippen LogP contribution in [0.5, 0.6) is 0 Å². The lowest BCUT2D eigenvalue weighted by atomic mass is 10.4. The third-order valence-corrected chi connectivity index (χ3v) is 3.57. The number of hydrogen-bond acceptors (Lipinski definition) is 4. The summed E-state index contributed by atoms with van der Waals surface area (Å²) < 4.78 is 5.58. The third-order valence-electron chi connectivity index (χ3n) is 2.66. The van der Waals surface area contributed by atoms with E-state index in [2.05, 4.69) is 28.4 Å². The second-order valence-corrected chi connectivity index (χ2v) is 5.18. The molecule has 0 aliphatic rings. The van der Waals surface area contributed by atoms with E-state index < -0.39 is 0 Å². The molecular formula is C15H18N2OS. The maximum Gasteiger partial charge on any atom is 0.162 e. The number of nitrogens with zero attached hydrogens (tertiary/aromatic N) is 2. The minimum atomic E-state index is 0.800. The van der Waals surface area contributed by atoms with Gasteiger partial charge in [0.05, 0.1) is 5.69 Å². The van der Waals surface area contributed by atoms with Gasteiger partial charge in [0.1, 0.15) is 5.76 Å². The van der Waals surface area contributed by atoms with E-state index in [1.807, 2.05) is 31.2 Å². The Morgan fingerprint density at radius 3 is 2.63 bits per heavy atom. The van der Waals surface area contributed by atoms with Gasteiger partial charge in [0, 0.05) is 25.0 Å². The predicted octanol–water partition coefficient (Wildman–Crippen LogP) is 3.89. The lowest BCUT2D eigenvalue weighted by Crippen LogP contribution is -2.23. The highest BCUT2D eigenvalue weighted by atomic mass is 32.1. The SMILES string of the molecule is C=CCN(CC=C)Cc1csc(-c2ccc(C)o2)n1. The molecule has 2 rings (SSSR count). The summed E-state index contributed by atoms with van der Waals surface area (Å²) in [6.07, 6.45) is 3.79. The molecule has 100 valence electrons. The molecule has 2 aromatic rings. The number of thiazole rings is 1. The van der Waals surface area contributed by atoms with Crippen molar-refractivity contribution in [1.82, 2.24) is 9.88 Å². The molecule has 19 heavy (non-hydrogen) atoms. The first-order chi connectivity index (χ1) is 9.22. The van der Waals surface area contributed by atoms with Crippen molar-refractivity contribution in [2.24, 2.45) is 0 Å². The first-order valence-corrected chi connectivity index (χ1v) is 7.06. The quantitative estimate of drug-likeness (QED) is 0.717. The zero-order valence-corrected chi connectivity index (χ0v) is 11.9. The number of aryl methyl sites for hydroxylation is 1. The van der Waals surface area contributed by atoms with Crippen LogP contribution in [-0.2, 0) is 6.54 Å². The monoisotopic (exact) mass is 274 g/mol. The van der Waals surface area contributed by atoms with Crippen LogP contribution in [0.1, 0.15) is 11.5 Å². The maximum atomic E-state index is 5.58. The van der Waals surface area contributed by atoms with Gasteiger partial charge in [-0.2, -0.15) is 0 Å². The van der Waals surface area contributed by atoms with E-state index in [9.17, 15) is 0 Å². The van der Waals surface area contributed by atoms with E-state index in [1.165, 1.54) is 0 Å². The van der Waals surface area contributed by atoms with Crippen LogP contribution >= 0.6 is 11.3 Å². The van der Waals surface area contributed by atoms with Gasteiger partial charge in [0.2, 0.25) is 0 Å². The number of furan rings is 1. The molecule has 0 N–H and O–H groups in total. The molecule has 4 heteroatoms. The molecule has 0 fully saturated rings. The molecule has 0 saturated heterocycles. The average Bonchev–Trinajstić information content (AvgIpc) is 2.99. The number of hydrogen-bond donors (Lipinski definition) is 0. The van der Waals surface area contributed by atoms with E-state index in [4.69, 9.17) is 4.42 Å². The van der Waals surface area contributed by atoms with Gasteiger partial charge >= 0.3 is 0 Å². The van der Waals surface area contributed by atoms with E-state index in [0.29, 0.717) is 0 Å². The van der Waals surface area contributed by atoms with Crippen molar-refractivity contribution in [3.63, 3.8) is 0 Å². The van der Waals surface area contributed by atoms with Gasteiger partial charge in [0.25, 0.3) is 0 Å². The Bertz CT molecular complexity index is 546. The molecule has 0 amide bonds. The van der Waals surface area contributed by atoms with Crippen LogP contribution in [0.3, 0.4) is 0 Å². The smallest absolute Gasteiger partial charge is 0.162 e. The normalized spacial score (nSPS) is 10.8. The number of aromatic nitrogens is 1. The first-order valence-electron chi connectivity index (χ1n) is 6.18. The summed E-state index contributed by atoms with van der Waals surface area (Å²) in [4.78, 5) is 6.84. The van der Waals surface area contributed by atoms with Crippen LogP contribution in [-0.4, -0.2) is 23.0 Å². The van der Waals surface area contributed by atoms with Crippen LogP contribution in [0.15, 0.2) is 47.2 Å². The zero-order valence-electron chi connectivity index (χ0n) is 11.1. The lowest BCUT2D eigenvalue weighted by Gasteiger charge is -2.16. The average molecular weight is 274 g/mol. The Morgan fingerprint density at radius 1 is 1.32 bits per heavy atom. The maximum absolute atomic E-state index is 5.58. The Morgan fingerprint density at radius 2 is 2.05 bits per heavy atom. The second kappa shape index (κ2) is 6.50. The summed E-state index contributed by atoms with van der Waals surface area (Å²) in [7, 11) is 0. The molecule has 0 aliphatic heterocycles. The van der Waals surface area contributed by atoms with Crippen LogP contribution in [0.4, 0.5) is 0 Å². The fourth-order valence-corrected chi connectivity index (χ4v) is 2.61. The van der Waals surface area contributed by atoms with Crippen molar-refractivity contribution in [2.45, 2.75) is 13.5 Å². The molecular weight excluding hydrogens is 256 g/mol. The molecule has 0 bridgehead atoms. The predicted molar refractivity (Wildman–Crippen MR) is 80.2 cm³/mol. The van der Waals surface area contributed by atoms with Gasteiger partial charge in [-0.25, -0.2) is 4.98 Å². The minimum absolute atomic E-state index is 0.800. The fourth-order valence-electron chi connectivity index (χ4n) is 1.84. The summed E-state index contributed by atoms with van der Waals surface area (Å²) in [5.41, 5.74) is 1.05. The second-order valence-electron chi connectivity index (χ2n) is 4.33. The topological polar surface area (TPSA) is 29.3 Å². The third kappa shape index (κ3) is 3.66. The lowest BCUT2D eigenvalue weighted by molar-refractivity contribution is 0.324. The zero-order chi connectivity index (χ0) is 13.7. The molecule has 0 aromatic carbocycles. The van der Waals surface area contributed by atoms with Gasteiger partial charge in [0.15, 0.2) is 10.8 Å². The molecule has 3 nitrogen and oxygen atoms in total. The van der Waals surface area contributed by atoms with Crippen molar-refractivity contribution in [3.05, 3.63) is 54.3 Å². The van der Waals surface area contributed by atoms with Gasteiger partial charge < -0.3 is 4.42 Å². The highest BCUT2D eigenvalue weighted by Gasteiger charge is 2.10. The van der Waals surface area contributed by atoms with E-state index >= 15 is 0 Å². The molecule has 0 aliphatic carbocycles. The summed E-state index contributed by atoms with van der Waals surface area (Å²) in [5, 5.41) is 3.01. The van der Waals surface area contributed by atoms with Crippen LogP contribution < -0.4 is 0 Å². The van der Waals surface area contributed by atoms with Gasteiger partial charge in [-0.3, -0.25) is 4.90 Å². The Kier molecular flexibility index (Phi) is 4.71. The molecule has 2 heterocycles. The summed E-state index contributed by atoms with van der Waals surface area (Å²) in [6, 6.07) is 3.92. The standard InChI is InChI=1S/C15H18N2OS/c1-4-8-17(9-5-2)10-13-11-19-15(16-13)14-7-6-12(3)18-14/h4-7,11H,1-2,8-10H2,3H3. The van der Waals surface area contributed by atoms with E-state index in [1.54, 1.807) is 11.3 Å². The molecule has 0 radical (unpaired) electrons. The van der Waals surface area contributed by atoms with Crippen LogP contribution in [0.25, 0.3) is 10.8 Å². The molecule has 0 saturated carbocycles. The first kappa shape index (κ1) is 13.8. The van der Waals surface area contributed by atoms with Crippen molar-refractivity contribution >= 4 is 11.3 Å². The molecule has 0 spiro atoms. The van der Waals surface area contributed by atoms with Crippen LogP contribution in [0, 0.1) is 6.92 Å². The van der Waals surface area contributed by atoms with Gasteiger partial charge in [-0.1, -0.05) is 12.2 Å². The Hall–Kier alpha value is -1.65. The van der Waals surface area contributed by atoms with Crippen molar-refractivity contribution in [2.75, 3.05) is 13.1 Å². The van der Waals surface area contributed by atoms with E-state index in [0.717, 1.165) is 41.9 Å². The van der Waals surface area contributed by atoms with Crippen molar-refractivity contribution in [3.8, 4) is 10.8 Å². The molecule has 0 unspecified atom stereocenters. The summed E-state index contributed by atoms with van der Waals surface area (Å²) in [6.45, 7) is 11.9. The highest BCUT2D eigenvalue weighted by molar-refractivity contribution is 7.13. The highest BCUT2D eigenvalue weighted by Crippen LogP contribution is 2.25. The Balaban J connectivity index is 2.07. The van der Waals surface area contributed by atoms with Gasteiger partial charge in [-0.15, -0.1) is 24.5 Å². The van der Waals surface area contributed by atoms with Crippen LogP contribution in [0.2, 0.25) is 0 Å². The van der Waals surface area contributed by atoms with Crippen molar-refractivity contribution in [1.29, 1.82) is 0 Å². The Labute approximate surface area is 117 Å². The molecule has 0 atom stereocenters. The number of rotatable bonds is 7.